The monoisotopic (exact) mass is 343 g/mol. The van der Waals surface area contributed by atoms with Crippen LogP contribution in [0.25, 0.3) is 0 Å². The van der Waals surface area contributed by atoms with Crippen molar-refractivity contribution in [2.45, 2.75) is 25.4 Å². The van der Waals surface area contributed by atoms with E-state index in [4.69, 9.17) is 27.9 Å². The van der Waals surface area contributed by atoms with E-state index in [1.54, 1.807) is 18.2 Å². The third-order valence-electron chi connectivity index (χ3n) is 3.50. The molecule has 22 heavy (non-hydrogen) atoms. The Hall–Kier alpha value is -1.23. The summed E-state index contributed by atoms with van der Waals surface area (Å²) in [6, 6.07) is 5.05. The molecule has 0 radical (unpaired) electrons. The first kappa shape index (κ1) is 17.1. The molecule has 0 saturated heterocycles. The van der Waals surface area contributed by atoms with Gasteiger partial charge in [0.1, 0.15) is 23.5 Å². The van der Waals surface area contributed by atoms with Crippen molar-refractivity contribution in [1.82, 2.24) is 5.32 Å². The topological polar surface area (TPSA) is 58.6 Å². The molecule has 0 spiro atoms. The minimum Gasteiger partial charge on any atom is -0.489 e. The molecule has 0 fully saturated rings. The van der Waals surface area contributed by atoms with Gasteiger partial charge in [-0.25, -0.2) is 0 Å². The van der Waals surface area contributed by atoms with Gasteiger partial charge in [-0.3, -0.25) is 4.79 Å². The van der Waals surface area contributed by atoms with Crippen LogP contribution in [0.2, 0.25) is 10.0 Å². The molecule has 2 rings (SSSR count). The maximum Gasteiger partial charge on any atom is 0.223 e. The number of carbonyl (C=O) groups is 1. The van der Waals surface area contributed by atoms with Gasteiger partial charge in [0.2, 0.25) is 5.91 Å². The number of aliphatic hydroxyl groups excluding tert-OH is 1. The summed E-state index contributed by atoms with van der Waals surface area (Å²) in [5.74, 6) is 0.390. The minimum atomic E-state index is -0.807. The molecule has 1 aliphatic carbocycles. The molecular weight excluding hydrogens is 325 g/mol. The number of hydrogen-bond donors (Lipinski definition) is 2. The Kier molecular flexibility index (Phi) is 6.55. The summed E-state index contributed by atoms with van der Waals surface area (Å²) in [5.41, 5.74) is 0. The quantitative estimate of drug-likeness (QED) is 0.779. The number of ether oxygens (including phenoxy) is 1. The van der Waals surface area contributed by atoms with Gasteiger partial charge in [0.05, 0.1) is 5.02 Å². The van der Waals surface area contributed by atoms with Gasteiger partial charge in [-0.1, -0.05) is 41.4 Å². The largest absolute Gasteiger partial charge is 0.489 e. The molecule has 0 unspecified atom stereocenters. The normalized spacial score (nSPS) is 18.8. The second-order valence-electron chi connectivity index (χ2n) is 5.24. The van der Waals surface area contributed by atoms with E-state index in [0.717, 1.165) is 19.3 Å². The van der Waals surface area contributed by atoms with Crippen LogP contribution in [-0.2, 0) is 4.79 Å². The molecule has 2 N–H and O–H groups in total. The van der Waals surface area contributed by atoms with Crippen molar-refractivity contribution in [1.29, 1.82) is 0 Å². The van der Waals surface area contributed by atoms with Crippen molar-refractivity contribution >= 4 is 29.1 Å². The Morgan fingerprint density at radius 1 is 1.41 bits per heavy atom. The average Bonchev–Trinajstić information content (AvgIpc) is 2.54. The standard InChI is InChI=1S/C16H19Cl2NO3/c17-13-7-4-8-14(15(13)18)22-10-12(20)9-19-16(21)11-5-2-1-3-6-11/h1-2,4,7-8,11-12,20H,3,5-6,9-10H2,(H,19,21)/t11-,12-/m0/s1. The van der Waals surface area contributed by atoms with E-state index in [1.807, 2.05) is 6.08 Å². The van der Waals surface area contributed by atoms with Gasteiger partial charge >= 0.3 is 0 Å². The smallest absolute Gasteiger partial charge is 0.223 e. The maximum atomic E-state index is 11.9. The van der Waals surface area contributed by atoms with E-state index in [0.29, 0.717) is 15.8 Å². The third-order valence-corrected chi connectivity index (χ3v) is 4.30. The van der Waals surface area contributed by atoms with Gasteiger partial charge < -0.3 is 15.2 Å². The lowest BCUT2D eigenvalue weighted by molar-refractivity contribution is -0.125. The number of hydrogen-bond acceptors (Lipinski definition) is 3. The Labute approximate surface area is 140 Å². The molecule has 6 heteroatoms. The summed E-state index contributed by atoms with van der Waals surface area (Å²) in [4.78, 5) is 11.9. The summed E-state index contributed by atoms with van der Waals surface area (Å²) >= 11 is 11.9. The maximum absolute atomic E-state index is 11.9. The highest BCUT2D eigenvalue weighted by molar-refractivity contribution is 6.42. The summed E-state index contributed by atoms with van der Waals surface area (Å²) in [5, 5.41) is 13.4. The number of benzene rings is 1. The predicted molar refractivity (Wildman–Crippen MR) is 87.5 cm³/mol. The van der Waals surface area contributed by atoms with Crippen LogP contribution in [0, 0.1) is 5.92 Å². The van der Waals surface area contributed by atoms with Gasteiger partial charge in [0.25, 0.3) is 0 Å². The summed E-state index contributed by atoms with van der Waals surface area (Å²) in [7, 11) is 0. The van der Waals surface area contributed by atoms with Gasteiger partial charge in [-0.05, 0) is 31.4 Å². The van der Waals surface area contributed by atoms with Crippen molar-refractivity contribution in [2.24, 2.45) is 5.92 Å². The lowest BCUT2D eigenvalue weighted by atomic mass is 9.94. The summed E-state index contributed by atoms with van der Waals surface area (Å²) in [6.07, 6.45) is 5.84. The molecule has 0 heterocycles. The SMILES string of the molecule is O=C(NC[C@H](O)COc1cccc(Cl)c1Cl)[C@H]1CC=CCC1. The minimum absolute atomic E-state index is 0.000456. The highest BCUT2D eigenvalue weighted by Crippen LogP contribution is 2.31. The zero-order valence-corrected chi connectivity index (χ0v) is 13.6. The molecule has 1 aromatic rings. The number of amides is 1. The number of halogens is 2. The lowest BCUT2D eigenvalue weighted by Crippen LogP contribution is -2.38. The van der Waals surface area contributed by atoms with Crippen molar-refractivity contribution in [3.8, 4) is 5.75 Å². The fourth-order valence-corrected chi connectivity index (χ4v) is 2.58. The van der Waals surface area contributed by atoms with Crippen LogP contribution in [0.1, 0.15) is 19.3 Å². The van der Waals surface area contributed by atoms with Crippen molar-refractivity contribution in [3.05, 3.63) is 40.4 Å². The summed E-state index contributed by atoms with van der Waals surface area (Å²) < 4.78 is 5.43. The van der Waals surface area contributed by atoms with E-state index in [1.165, 1.54) is 0 Å². The Morgan fingerprint density at radius 2 is 2.23 bits per heavy atom. The average molecular weight is 344 g/mol. The third kappa shape index (κ3) is 4.90. The first-order valence-corrected chi connectivity index (χ1v) is 8.01. The first-order chi connectivity index (χ1) is 10.6. The van der Waals surface area contributed by atoms with Gasteiger partial charge in [-0.15, -0.1) is 0 Å². The van der Waals surface area contributed by atoms with Crippen LogP contribution < -0.4 is 10.1 Å². The number of nitrogens with one attached hydrogen (secondary N) is 1. The molecule has 0 bridgehead atoms. The fourth-order valence-electron chi connectivity index (χ4n) is 2.23. The van der Waals surface area contributed by atoms with Crippen LogP contribution >= 0.6 is 23.2 Å². The predicted octanol–water partition coefficient (Wildman–Crippen LogP) is 3.21. The van der Waals surface area contributed by atoms with E-state index in [-0.39, 0.29) is 25.0 Å². The number of rotatable bonds is 6. The van der Waals surface area contributed by atoms with Crippen LogP contribution in [0.5, 0.6) is 5.75 Å². The Morgan fingerprint density at radius 3 is 2.95 bits per heavy atom. The second kappa shape index (κ2) is 8.42. The molecule has 120 valence electrons. The molecule has 4 nitrogen and oxygen atoms in total. The molecule has 1 amide bonds. The number of allylic oxidation sites excluding steroid dienone is 2. The number of aliphatic hydroxyl groups is 1. The first-order valence-electron chi connectivity index (χ1n) is 7.25. The van der Waals surface area contributed by atoms with Crippen LogP contribution in [0.4, 0.5) is 0 Å². The Bertz CT molecular complexity index is 548. The van der Waals surface area contributed by atoms with E-state index < -0.39 is 6.10 Å². The fraction of sp³-hybridized carbons (Fsp3) is 0.438. The van der Waals surface area contributed by atoms with Crippen molar-refractivity contribution < 1.29 is 14.6 Å². The van der Waals surface area contributed by atoms with E-state index in [9.17, 15) is 9.90 Å². The van der Waals surface area contributed by atoms with Gasteiger partial charge in [-0.2, -0.15) is 0 Å². The van der Waals surface area contributed by atoms with Crippen LogP contribution in [0.15, 0.2) is 30.4 Å². The van der Waals surface area contributed by atoms with E-state index in [2.05, 4.69) is 11.4 Å². The molecule has 1 aliphatic rings. The zero-order chi connectivity index (χ0) is 15.9. The Balaban J connectivity index is 1.73. The van der Waals surface area contributed by atoms with E-state index >= 15 is 0 Å². The highest BCUT2D eigenvalue weighted by atomic mass is 35.5. The summed E-state index contributed by atoms with van der Waals surface area (Å²) in [6.45, 7) is 0.183. The number of carbonyl (C=O) groups excluding carboxylic acids is 1. The van der Waals surface area contributed by atoms with Crippen molar-refractivity contribution in [3.63, 3.8) is 0 Å². The molecule has 0 aromatic heterocycles. The van der Waals surface area contributed by atoms with Gasteiger partial charge in [0, 0.05) is 12.5 Å². The molecule has 2 atom stereocenters. The van der Waals surface area contributed by atoms with Crippen LogP contribution in [0.3, 0.4) is 0 Å². The highest BCUT2D eigenvalue weighted by Gasteiger charge is 2.19. The second-order valence-corrected chi connectivity index (χ2v) is 6.03. The van der Waals surface area contributed by atoms with Crippen LogP contribution in [-0.4, -0.2) is 30.3 Å². The lowest BCUT2D eigenvalue weighted by Gasteiger charge is -2.19. The van der Waals surface area contributed by atoms with Gasteiger partial charge in [0.15, 0.2) is 0 Å². The molecule has 0 saturated carbocycles. The zero-order valence-electron chi connectivity index (χ0n) is 12.1. The molecular formula is C16H19Cl2NO3. The molecule has 1 aromatic carbocycles. The van der Waals surface area contributed by atoms with Crippen molar-refractivity contribution in [2.75, 3.05) is 13.2 Å². The molecule has 0 aliphatic heterocycles.